The van der Waals surface area contributed by atoms with Gasteiger partial charge >= 0.3 is 0 Å². The Morgan fingerprint density at radius 1 is 1.45 bits per heavy atom. The molecule has 0 aromatic heterocycles. The third-order valence-corrected chi connectivity index (χ3v) is 1.90. The molecule has 11 heavy (non-hydrogen) atoms. The largest absolute Gasteiger partial charge is 0.316 e. The molecule has 1 aliphatic heterocycles. The first-order valence-electron chi connectivity index (χ1n) is 4.15. The van der Waals surface area contributed by atoms with Gasteiger partial charge in [0.05, 0.1) is 0 Å². The average molecular weight is 176 g/mol. The number of hydrogen-bond donors (Lipinski definition) is 1. The van der Waals surface area contributed by atoms with Crippen LogP contribution in [0.4, 0.5) is 0 Å². The van der Waals surface area contributed by atoms with Crippen molar-refractivity contribution in [2.45, 2.75) is 26.7 Å². The van der Waals surface area contributed by atoms with Crippen LogP contribution in [0.2, 0.25) is 0 Å². The van der Waals surface area contributed by atoms with Crippen LogP contribution in [0.15, 0.2) is 11.6 Å². The van der Waals surface area contributed by atoms with Gasteiger partial charge in [0.25, 0.3) is 0 Å². The minimum Gasteiger partial charge on any atom is -0.316 e. The topological polar surface area (TPSA) is 12.0 Å². The molecule has 0 radical (unpaired) electrons. The minimum absolute atomic E-state index is 0. The summed E-state index contributed by atoms with van der Waals surface area (Å²) in [5.74, 6) is 0.804. The Hall–Kier alpha value is -0.0100. The summed E-state index contributed by atoms with van der Waals surface area (Å²) >= 11 is 0. The summed E-state index contributed by atoms with van der Waals surface area (Å²) in [6, 6.07) is 0. The van der Waals surface area contributed by atoms with E-state index in [-0.39, 0.29) is 12.4 Å². The van der Waals surface area contributed by atoms with Crippen molar-refractivity contribution in [2.24, 2.45) is 5.92 Å². The summed E-state index contributed by atoms with van der Waals surface area (Å²) < 4.78 is 0. The molecule has 0 bridgehead atoms. The molecule has 0 amide bonds. The van der Waals surface area contributed by atoms with E-state index in [1.807, 2.05) is 0 Å². The van der Waals surface area contributed by atoms with E-state index < -0.39 is 0 Å². The molecule has 0 aliphatic carbocycles. The fraction of sp³-hybridized carbons (Fsp3) is 0.778. The molecule has 1 N–H and O–H groups in total. The maximum absolute atomic E-state index is 3.40. The zero-order valence-electron chi connectivity index (χ0n) is 7.39. The van der Waals surface area contributed by atoms with Gasteiger partial charge in [-0.3, -0.25) is 0 Å². The van der Waals surface area contributed by atoms with Crippen molar-refractivity contribution in [1.82, 2.24) is 5.32 Å². The summed E-state index contributed by atoms with van der Waals surface area (Å²) in [6.07, 6.45) is 5.10. The molecule has 66 valence electrons. The van der Waals surface area contributed by atoms with Gasteiger partial charge in [-0.2, -0.15) is 0 Å². The molecule has 1 heterocycles. The van der Waals surface area contributed by atoms with Gasteiger partial charge < -0.3 is 5.32 Å². The van der Waals surface area contributed by atoms with Crippen molar-refractivity contribution in [2.75, 3.05) is 13.1 Å². The van der Waals surface area contributed by atoms with Crippen LogP contribution in [0.25, 0.3) is 0 Å². The second-order valence-corrected chi connectivity index (χ2v) is 3.35. The quantitative estimate of drug-likeness (QED) is 0.604. The number of piperidine rings is 1. The first-order valence-corrected chi connectivity index (χ1v) is 4.15. The molecule has 1 atom stereocenters. The van der Waals surface area contributed by atoms with Gasteiger partial charge in [-0.1, -0.05) is 11.6 Å². The Morgan fingerprint density at radius 2 is 2.18 bits per heavy atom. The molecule has 0 aromatic rings. The molecular weight excluding hydrogens is 158 g/mol. The molecule has 0 saturated carbocycles. The Morgan fingerprint density at radius 3 is 2.64 bits per heavy atom. The smallest absolute Gasteiger partial charge is 0.00143 e. The van der Waals surface area contributed by atoms with Crippen LogP contribution in [0, 0.1) is 5.92 Å². The molecule has 1 aliphatic rings. The van der Waals surface area contributed by atoms with Crippen molar-refractivity contribution in [3.05, 3.63) is 11.6 Å². The summed E-state index contributed by atoms with van der Waals surface area (Å²) in [5, 5.41) is 3.40. The summed E-state index contributed by atoms with van der Waals surface area (Å²) in [6.45, 7) is 6.75. The lowest BCUT2D eigenvalue weighted by molar-refractivity contribution is 0.437. The number of nitrogens with one attached hydrogen (secondary N) is 1. The highest BCUT2D eigenvalue weighted by atomic mass is 35.5. The van der Waals surface area contributed by atoms with E-state index in [4.69, 9.17) is 0 Å². The second-order valence-electron chi connectivity index (χ2n) is 3.35. The van der Waals surface area contributed by atoms with Gasteiger partial charge in [-0.15, -0.1) is 12.4 Å². The van der Waals surface area contributed by atoms with E-state index in [0.717, 1.165) is 5.92 Å². The molecule has 1 unspecified atom stereocenters. The van der Waals surface area contributed by atoms with Crippen molar-refractivity contribution in [1.29, 1.82) is 0 Å². The molecule has 1 rings (SSSR count). The van der Waals surface area contributed by atoms with Crippen LogP contribution in [-0.2, 0) is 0 Å². The molecule has 0 aromatic carbocycles. The van der Waals surface area contributed by atoms with Crippen LogP contribution in [-0.4, -0.2) is 13.1 Å². The van der Waals surface area contributed by atoms with Crippen LogP contribution in [0.3, 0.4) is 0 Å². The normalized spacial score (nSPS) is 23.6. The van der Waals surface area contributed by atoms with Gasteiger partial charge in [-0.05, 0) is 39.2 Å². The van der Waals surface area contributed by atoms with Crippen LogP contribution in [0.1, 0.15) is 26.7 Å². The van der Waals surface area contributed by atoms with Gasteiger partial charge in [0.1, 0.15) is 0 Å². The fourth-order valence-corrected chi connectivity index (χ4v) is 1.49. The molecule has 2 heteroatoms. The molecule has 0 spiro atoms. The van der Waals surface area contributed by atoms with Crippen LogP contribution >= 0.6 is 12.4 Å². The van der Waals surface area contributed by atoms with E-state index in [1.165, 1.54) is 31.5 Å². The zero-order chi connectivity index (χ0) is 7.40. The highest BCUT2D eigenvalue weighted by molar-refractivity contribution is 5.85. The predicted octanol–water partition coefficient (Wildman–Crippen LogP) is 2.37. The van der Waals surface area contributed by atoms with Crippen LogP contribution < -0.4 is 5.32 Å². The Kier molecular flexibility index (Phi) is 5.61. The lowest BCUT2D eigenvalue weighted by Crippen LogP contribution is -2.28. The maximum Gasteiger partial charge on any atom is 0.00143 e. The van der Waals surface area contributed by atoms with Crippen molar-refractivity contribution >= 4 is 12.4 Å². The number of allylic oxidation sites excluding steroid dienone is 1. The minimum atomic E-state index is 0. The number of rotatable bonds is 1. The van der Waals surface area contributed by atoms with E-state index >= 15 is 0 Å². The summed E-state index contributed by atoms with van der Waals surface area (Å²) in [4.78, 5) is 0. The summed E-state index contributed by atoms with van der Waals surface area (Å²) in [5.41, 5.74) is 1.45. The van der Waals surface area contributed by atoms with Crippen molar-refractivity contribution in [3.8, 4) is 0 Å². The molecule has 1 nitrogen and oxygen atoms in total. The van der Waals surface area contributed by atoms with Crippen molar-refractivity contribution < 1.29 is 0 Å². The standard InChI is InChI=1S/C9H17N.ClH/c1-8(2)6-9-4-3-5-10-7-9;/h6,9-10H,3-5,7H2,1-2H3;1H. The second kappa shape index (κ2) is 5.62. The molecule has 1 fully saturated rings. The van der Waals surface area contributed by atoms with E-state index in [2.05, 4.69) is 25.2 Å². The van der Waals surface area contributed by atoms with Gasteiger partial charge in [0.15, 0.2) is 0 Å². The van der Waals surface area contributed by atoms with Gasteiger partial charge in [0, 0.05) is 6.54 Å². The first-order chi connectivity index (χ1) is 4.79. The predicted molar refractivity (Wildman–Crippen MR) is 52.3 cm³/mol. The highest BCUT2D eigenvalue weighted by Gasteiger charge is 2.08. The van der Waals surface area contributed by atoms with Gasteiger partial charge in [0.2, 0.25) is 0 Å². The van der Waals surface area contributed by atoms with Crippen molar-refractivity contribution in [3.63, 3.8) is 0 Å². The third kappa shape index (κ3) is 4.44. The zero-order valence-corrected chi connectivity index (χ0v) is 8.21. The SMILES string of the molecule is CC(C)=CC1CCCNC1.Cl. The first kappa shape index (κ1) is 11.0. The van der Waals surface area contributed by atoms with E-state index in [1.54, 1.807) is 0 Å². The molecular formula is C9H18ClN. The monoisotopic (exact) mass is 175 g/mol. The summed E-state index contributed by atoms with van der Waals surface area (Å²) in [7, 11) is 0. The Balaban J connectivity index is 0.000001000. The van der Waals surface area contributed by atoms with Gasteiger partial charge in [-0.25, -0.2) is 0 Å². The molecule has 1 saturated heterocycles. The highest BCUT2D eigenvalue weighted by Crippen LogP contribution is 2.12. The average Bonchev–Trinajstić information content (AvgIpc) is 1.88. The lowest BCUT2D eigenvalue weighted by atomic mass is 9.98. The Labute approximate surface area is 75.7 Å². The van der Waals surface area contributed by atoms with Crippen LogP contribution in [0.5, 0.6) is 0 Å². The number of halogens is 1. The number of hydrogen-bond acceptors (Lipinski definition) is 1. The Bertz CT molecular complexity index is 122. The lowest BCUT2D eigenvalue weighted by Gasteiger charge is -2.19. The van der Waals surface area contributed by atoms with E-state index in [0.29, 0.717) is 0 Å². The fourth-order valence-electron chi connectivity index (χ4n) is 1.49. The third-order valence-electron chi connectivity index (χ3n) is 1.90. The maximum atomic E-state index is 3.40. The van der Waals surface area contributed by atoms with E-state index in [9.17, 15) is 0 Å².